The third-order valence-electron chi connectivity index (χ3n) is 5.00. The van der Waals surface area contributed by atoms with Crippen LogP contribution in [0, 0.1) is 33.1 Å². The molecular formula is C16H21N3O6. The van der Waals surface area contributed by atoms with Gasteiger partial charge < -0.3 is 15.2 Å². The molecule has 136 valence electrons. The third kappa shape index (κ3) is 3.57. The summed E-state index contributed by atoms with van der Waals surface area (Å²) in [5.74, 6) is 0.535. The van der Waals surface area contributed by atoms with Gasteiger partial charge in [-0.3, -0.25) is 20.2 Å². The van der Waals surface area contributed by atoms with E-state index in [1.54, 1.807) is 0 Å². The SMILES string of the molecule is Cc1c(CO)cc([N+](=O)[O-])c(NC2CCOC(C3CC3)C2)c1[N+](=O)[O-]. The Labute approximate surface area is 144 Å². The van der Waals surface area contributed by atoms with Crippen molar-refractivity contribution in [1.82, 2.24) is 0 Å². The summed E-state index contributed by atoms with van der Waals surface area (Å²) in [5, 5.41) is 35.4. The molecule has 1 heterocycles. The Morgan fingerprint density at radius 3 is 2.56 bits per heavy atom. The van der Waals surface area contributed by atoms with E-state index in [9.17, 15) is 25.3 Å². The fraction of sp³-hybridized carbons (Fsp3) is 0.625. The molecule has 1 aromatic rings. The lowest BCUT2D eigenvalue weighted by atomic mass is 9.98. The van der Waals surface area contributed by atoms with Gasteiger partial charge >= 0.3 is 5.69 Å². The second kappa shape index (κ2) is 6.93. The predicted molar refractivity (Wildman–Crippen MR) is 89.5 cm³/mol. The minimum Gasteiger partial charge on any atom is -0.392 e. The minimum atomic E-state index is -0.647. The van der Waals surface area contributed by atoms with Crippen molar-refractivity contribution in [3.8, 4) is 0 Å². The molecule has 3 rings (SSSR count). The van der Waals surface area contributed by atoms with E-state index >= 15 is 0 Å². The normalized spacial score (nSPS) is 23.3. The summed E-state index contributed by atoms with van der Waals surface area (Å²) >= 11 is 0. The first-order valence-electron chi connectivity index (χ1n) is 8.36. The first-order valence-corrected chi connectivity index (χ1v) is 8.36. The fourth-order valence-electron chi connectivity index (χ4n) is 3.44. The van der Waals surface area contributed by atoms with Crippen molar-refractivity contribution >= 4 is 17.1 Å². The Morgan fingerprint density at radius 2 is 2.00 bits per heavy atom. The maximum absolute atomic E-state index is 11.5. The van der Waals surface area contributed by atoms with Crippen LogP contribution in [0.3, 0.4) is 0 Å². The molecule has 0 radical (unpaired) electrons. The average molecular weight is 351 g/mol. The highest BCUT2D eigenvalue weighted by Crippen LogP contribution is 2.42. The Balaban J connectivity index is 1.96. The average Bonchev–Trinajstić information content (AvgIpc) is 3.39. The fourth-order valence-corrected chi connectivity index (χ4v) is 3.44. The number of benzene rings is 1. The Hall–Kier alpha value is -2.26. The summed E-state index contributed by atoms with van der Waals surface area (Å²) in [4.78, 5) is 21.7. The van der Waals surface area contributed by atoms with E-state index in [1.165, 1.54) is 13.0 Å². The van der Waals surface area contributed by atoms with Gasteiger partial charge in [0.1, 0.15) is 0 Å². The molecule has 2 aliphatic rings. The van der Waals surface area contributed by atoms with Crippen LogP contribution in [0.5, 0.6) is 0 Å². The van der Waals surface area contributed by atoms with Gasteiger partial charge in [0.2, 0.25) is 0 Å². The molecule has 1 saturated carbocycles. The summed E-state index contributed by atoms with van der Waals surface area (Å²) in [5.41, 5.74) is -0.368. The van der Waals surface area contributed by atoms with E-state index in [0.29, 0.717) is 25.4 Å². The highest BCUT2D eigenvalue weighted by atomic mass is 16.6. The first kappa shape index (κ1) is 17.6. The second-order valence-electron chi connectivity index (χ2n) is 6.69. The van der Waals surface area contributed by atoms with Crippen molar-refractivity contribution in [2.75, 3.05) is 11.9 Å². The summed E-state index contributed by atoms with van der Waals surface area (Å²) in [6.45, 7) is 1.54. The van der Waals surface area contributed by atoms with Gasteiger partial charge in [-0.25, -0.2) is 0 Å². The number of hydrogen-bond acceptors (Lipinski definition) is 7. The summed E-state index contributed by atoms with van der Waals surface area (Å²) < 4.78 is 5.74. The van der Waals surface area contributed by atoms with E-state index in [2.05, 4.69) is 5.32 Å². The Bertz CT molecular complexity index is 704. The lowest BCUT2D eigenvalue weighted by Crippen LogP contribution is -2.35. The monoisotopic (exact) mass is 351 g/mol. The minimum absolute atomic E-state index is 0.0776. The van der Waals surface area contributed by atoms with Crippen molar-refractivity contribution in [1.29, 1.82) is 0 Å². The number of rotatable bonds is 6. The van der Waals surface area contributed by atoms with Gasteiger partial charge in [0.05, 0.1) is 22.6 Å². The molecule has 25 heavy (non-hydrogen) atoms. The molecule has 0 bridgehead atoms. The molecule has 2 N–H and O–H groups in total. The van der Waals surface area contributed by atoms with Gasteiger partial charge in [-0.15, -0.1) is 0 Å². The zero-order chi connectivity index (χ0) is 18.1. The highest BCUT2D eigenvalue weighted by molar-refractivity contribution is 5.78. The highest BCUT2D eigenvalue weighted by Gasteiger charge is 2.38. The molecule has 9 nitrogen and oxygen atoms in total. The summed E-state index contributed by atoms with van der Waals surface area (Å²) in [7, 11) is 0. The molecule has 1 saturated heterocycles. The molecule has 2 unspecified atom stereocenters. The van der Waals surface area contributed by atoms with Crippen molar-refractivity contribution < 1.29 is 19.7 Å². The second-order valence-corrected chi connectivity index (χ2v) is 6.69. The molecule has 9 heteroatoms. The van der Waals surface area contributed by atoms with Crippen LogP contribution in [-0.4, -0.2) is 33.7 Å². The van der Waals surface area contributed by atoms with Crippen molar-refractivity contribution in [3.05, 3.63) is 37.4 Å². The molecule has 0 amide bonds. The molecule has 1 aromatic carbocycles. The van der Waals surface area contributed by atoms with Crippen LogP contribution in [-0.2, 0) is 11.3 Å². The standard InChI is InChI=1S/C16H21N3O6/c1-9-11(8-20)6-13(18(21)22)15(16(9)19(23)24)17-12-4-5-25-14(7-12)10-2-3-10/h6,10,12,14,17,20H,2-5,7-8H2,1H3. The van der Waals surface area contributed by atoms with Crippen LogP contribution in [0.1, 0.15) is 36.8 Å². The molecule has 0 aromatic heterocycles. The van der Waals surface area contributed by atoms with Crippen LogP contribution < -0.4 is 5.32 Å². The first-order chi connectivity index (χ1) is 11.9. The third-order valence-corrected chi connectivity index (χ3v) is 5.00. The van der Waals surface area contributed by atoms with Gasteiger partial charge in [0.25, 0.3) is 5.69 Å². The molecule has 2 fully saturated rings. The van der Waals surface area contributed by atoms with Crippen molar-refractivity contribution in [3.63, 3.8) is 0 Å². The molecule has 2 atom stereocenters. The van der Waals surface area contributed by atoms with E-state index < -0.39 is 16.5 Å². The molecule has 0 spiro atoms. The van der Waals surface area contributed by atoms with E-state index in [0.717, 1.165) is 12.8 Å². The molecule has 1 aliphatic carbocycles. The number of aliphatic hydroxyl groups is 1. The van der Waals surface area contributed by atoms with Crippen LogP contribution in [0.4, 0.5) is 17.1 Å². The number of nitrogens with one attached hydrogen (secondary N) is 1. The Morgan fingerprint density at radius 1 is 1.28 bits per heavy atom. The van der Waals surface area contributed by atoms with E-state index in [-0.39, 0.29) is 40.3 Å². The van der Waals surface area contributed by atoms with Gasteiger partial charge in [-0.05, 0) is 44.1 Å². The van der Waals surface area contributed by atoms with Crippen LogP contribution in [0.25, 0.3) is 0 Å². The lowest BCUT2D eigenvalue weighted by Gasteiger charge is -2.30. The summed E-state index contributed by atoms with van der Waals surface area (Å²) in [6.07, 6.45) is 3.68. The zero-order valence-electron chi connectivity index (χ0n) is 13.9. The molecule has 1 aliphatic heterocycles. The van der Waals surface area contributed by atoms with E-state index in [4.69, 9.17) is 4.74 Å². The van der Waals surface area contributed by atoms with Crippen LogP contribution >= 0.6 is 0 Å². The number of anilines is 1. The van der Waals surface area contributed by atoms with E-state index in [1.807, 2.05) is 0 Å². The topological polar surface area (TPSA) is 128 Å². The smallest absolute Gasteiger partial charge is 0.302 e. The number of ether oxygens (including phenoxy) is 1. The van der Waals surface area contributed by atoms with Crippen molar-refractivity contribution in [2.45, 2.75) is 51.4 Å². The lowest BCUT2D eigenvalue weighted by molar-refractivity contribution is -0.392. The number of nitrogens with zero attached hydrogens (tertiary/aromatic N) is 2. The van der Waals surface area contributed by atoms with Crippen molar-refractivity contribution in [2.24, 2.45) is 5.92 Å². The number of aliphatic hydroxyl groups excluding tert-OH is 1. The number of nitro groups is 2. The zero-order valence-corrected chi connectivity index (χ0v) is 13.9. The number of nitro benzene ring substituents is 2. The van der Waals surface area contributed by atoms with Gasteiger partial charge in [0, 0.05) is 24.3 Å². The maximum atomic E-state index is 11.5. The molecular weight excluding hydrogens is 330 g/mol. The predicted octanol–water partition coefficient (Wildman–Crippen LogP) is 2.67. The van der Waals surface area contributed by atoms with Gasteiger partial charge in [-0.1, -0.05) is 0 Å². The Kier molecular flexibility index (Phi) is 4.87. The van der Waals surface area contributed by atoms with Gasteiger partial charge in [-0.2, -0.15) is 0 Å². The quantitative estimate of drug-likeness (QED) is 0.595. The number of hydrogen-bond donors (Lipinski definition) is 2. The van der Waals surface area contributed by atoms with Crippen LogP contribution in [0.2, 0.25) is 0 Å². The largest absolute Gasteiger partial charge is 0.392 e. The van der Waals surface area contributed by atoms with Gasteiger partial charge in [0.15, 0.2) is 5.69 Å². The van der Waals surface area contributed by atoms with Crippen LogP contribution in [0.15, 0.2) is 6.07 Å². The summed E-state index contributed by atoms with van der Waals surface area (Å²) in [6, 6.07) is 1.10. The maximum Gasteiger partial charge on any atom is 0.302 e.